The Morgan fingerprint density at radius 3 is 2.81 bits per heavy atom. The SMILES string of the molecule is CCC(C)(C)C1CCc2nc(SCC(=O)Nc3ccc(C)c([N+](=O)[O-])c3)c(C#N)cc2C1. The average molecular weight is 453 g/mol. The lowest BCUT2D eigenvalue weighted by Gasteiger charge is -2.37. The summed E-state index contributed by atoms with van der Waals surface area (Å²) in [6, 6.07) is 8.75. The highest BCUT2D eigenvalue weighted by Crippen LogP contribution is 2.40. The van der Waals surface area contributed by atoms with E-state index in [1.165, 1.54) is 17.8 Å². The fourth-order valence-electron chi connectivity index (χ4n) is 4.01. The van der Waals surface area contributed by atoms with Gasteiger partial charge < -0.3 is 5.32 Å². The number of nitriles is 1. The largest absolute Gasteiger partial charge is 0.325 e. The Balaban J connectivity index is 1.70. The van der Waals surface area contributed by atoms with Gasteiger partial charge in [-0.15, -0.1) is 0 Å². The zero-order valence-electron chi connectivity index (χ0n) is 18.9. The molecule has 1 aliphatic rings. The average Bonchev–Trinajstić information content (AvgIpc) is 2.77. The molecule has 168 valence electrons. The number of nitrogens with one attached hydrogen (secondary N) is 1. The second kappa shape index (κ2) is 9.70. The molecule has 1 N–H and O–H groups in total. The van der Waals surface area contributed by atoms with Crippen LogP contribution >= 0.6 is 11.8 Å². The maximum absolute atomic E-state index is 12.4. The lowest BCUT2D eigenvalue weighted by molar-refractivity contribution is -0.385. The van der Waals surface area contributed by atoms with Crippen molar-refractivity contribution in [3.8, 4) is 6.07 Å². The minimum absolute atomic E-state index is 0.0388. The van der Waals surface area contributed by atoms with Gasteiger partial charge in [0.2, 0.25) is 5.91 Å². The van der Waals surface area contributed by atoms with Gasteiger partial charge in [0.25, 0.3) is 5.69 Å². The van der Waals surface area contributed by atoms with Crippen molar-refractivity contribution in [1.82, 2.24) is 4.98 Å². The first kappa shape index (κ1) is 23.7. The zero-order valence-corrected chi connectivity index (χ0v) is 19.7. The summed E-state index contributed by atoms with van der Waals surface area (Å²) in [5.74, 6) is 0.325. The third kappa shape index (κ3) is 5.28. The van der Waals surface area contributed by atoms with Crippen molar-refractivity contribution in [3.05, 3.63) is 56.8 Å². The Hall–Kier alpha value is -2.92. The number of fused-ring (bicyclic) bond motifs is 1. The van der Waals surface area contributed by atoms with Crippen molar-refractivity contribution in [2.75, 3.05) is 11.1 Å². The predicted octanol–water partition coefficient (Wildman–Crippen LogP) is 5.44. The minimum Gasteiger partial charge on any atom is -0.325 e. The number of nitro benzene ring substituents is 1. The Kier molecular flexibility index (Phi) is 7.19. The van der Waals surface area contributed by atoms with Gasteiger partial charge in [0.15, 0.2) is 0 Å². The van der Waals surface area contributed by atoms with Crippen molar-refractivity contribution >= 4 is 29.0 Å². The fraction of sp³-hybridized carbons (Fsp3) is 0.458. The van der Waals surface area contributed by atoms with E-state index in [0.29, 0.717) is 27.8 Å². The molecule has 0 radical (unpaired) electrons. The molecule has 32 heavy (non-hydrogen) atoms. The molecule has 7 nitrogen and oxygen atoms in total. The number of nitro groups is 1. The molecule has 1 aromatic carbocycles. The number of thioether (sulfide) groups is 1. The summed E-state index contributed by atoms with van der Waals surface area (Å²) in [6.07, 6.45) is 3.99. The van der Waals surface area contributed by atoms with E-state index in [1.54, 1.807) is 19.1 Å². The van der Waals surface area contributed by atoms with Crippen LogP contribution in [0.25, 0.3) is 0 Å². The predicted molar refractivity (Wildman–Crippen MR) is 126 cm³/mol. The van der Waals surface area contributed by atoms with Gasteiger partial charge in [-0.1, -0.05) is 45.0 Å². The van der Waals surface area contributed by atoms with Gasteiger partial charge >= 0.3 is 0 Å². The summed E-state index contributed by atoms with van der Waals surface area (Å²) < 4.78 is 0. The number of aromatic nitrogens is 1. The molecular formula is C24H28N4O3S. The molecule has 0 saturated carbocycles. The Morgan fingerprint density at radius 1 is 1.41 bits per heavy atom. The second-order valence-electron chi connectivity index (χ2n) is 8.94. The lowest BCUT2D eigenvalue weighted by atomic mass is 9.69. The molecule has 2 aromatic rings. The van der Waals surface area contributed by atoms with Crippen LogP contribution < -0.4 is 5.32 Å². The standard InChI is InChI=1S/C24H28N4O3S/c1-5-24(3,4)18-7-9-20-16(11-18)10-17(13-25)23(27-20)32-14-22(29)26-19-8-6-15(2)21(12-19)28(30)31/h6,8,10,12,18H,5,7,9,11,14H2,1-4H3,(H,26,29). The third-order valence-corrected chi connectivity index (χ3v) is 7.51. The molecule has 0 fully saturated rings. The highest BCUT2D eigenvalue weighted by Gasteiger charge is 2.32. The molecule has 1 atom stereocenters. The summed E-state index contributed by atoms with van der Waals surface area (Å²) in [5, 5.41) is 24.0. The fourth-order valence-corrected chi connectivity index (χ4v) is 4.78. The molecule has 8 heteroatoms. The van der Waals surface area contributed by atoms with Gasteiger partial charge in [-0.3, -0.25) is 14.9 Å². The number of aryl methyl sites for hydroxylation is 2. The number of benzene rings is 1. The number of carbonyl (C=O) groups is 1. The number of hydrogen-bond donors (Lipinski definition) is 1. The van der Waals surface area contributed by atoms with Crippen molar-refractivity contribution < 1.29 is 9.72 Å². The van der Waals surface area contributed by atoms with Gasteiger partial charge in [-0.2, -0.15) is 5.26 Å². The first-order valence-corrected chi connectivity index (χ1v) is 11.7. The van der Waals surface area contributed by atoms with E-state index in [1.807, 2.05) is 6.07 Å². The molecule has 1 unspecified atom stereocenters. The highest BCUT2D eigenvalue weighted by atomic mass is 32.2. The summed E-state index contributed by atoms with van der Waals surface area (Å²) in [4.78, 5) is 27.8. The third-order valence-electron chi connectivity index (χ3n) is 6.52. The summed E-state index contributed by atoms with van der Waals surface area (Å²) in [6.45, 7) is 8.46. The number of carbonyl (C=O) groups excluding carboxylic acids is 1. The van der Waals surface area contributed by atoms with E-state index in [-0.39, 0.29) is 22.8 Å². The Labute approximate surface area is 192 Å². The van der Waals surface area contributed by atoms with Crippen LogP contribution in [0.4, 0.5) is 11.4 Å². The van der Waals surface area contributed by atoms with Crippen LogP contribution in [0.15, 0.2) is 29.3 Å². The summed E-state index contributed by atoms with van der Waals surface area (Å²) in [5.41, 5.74) is 3.76. The molecule has 0 bridgehead atoms. The highest BCUT2D eigenvalue weighted by molar-refractivity contribution is 8.00. The van der Waals surface area contributed by atoms with Gasteiger partial charge in [0, 0.05) is 23.0 Å². The number of anilines is 1. The Morgan fingerprint density at radius 2 is 2.16 bits per heavy atom. The van der Waals surface area contributed by atoms with Crippen LogP contribution in [0.5, 0.6) is 0 Å². The number of hydrogen-bond acceptors (Lipinski definition) is 6. The van der Waals surface area contributed by atoms with E-state index < -0.39 is 4.92 Å². The summed E-state index contributed by atoms with van der Waals surface area (Å²) in [7, 11) is 0. The molecule has 1 amide bonds. The normalized spacial score (nSPS) is 15.5. The maximum Gasteiger partial charge on any atom is 0.274 e. The van der Waals surface area contributed by atoms with Crippen molar-refractivity contribution in [1.29, 1.82) is 5.26 Å². The Bertz CT molecular complexity index is 1090. The van der Waals surface area contributed by atoms with Gasteiger partial charge in [0.1, 0.15) is 11.1 Å². The molecule has 0 spiro atoms. The van der Waals surface area contributed by atoms with Gasteiger partial charge in [0.05, 0.1) is 16.2 Å². The van der Waals surface area contributed by atoms with Gasteiger partial charge in [-0.05, 0) is 55.2 Å². The molecule has 0 saturated heterocycles. The monoisotopic (exact) mass is 452 g/mol. The van der Waals surface area contributed by atoms with E-state index in [9.17, 15) is 20.2 Å². The van der Waals surface area contributed by atoms with Crippen LogP contribution in [0.3, 0.4) is 0 Å². The topological polar surface area (TPSA) is 109 Å². The number of amides is 1. The van der Waals surface area contributed by atoms with Crippen molar-refractivity contribution in [3.63, 3.8) is 0 Å². The van der Waals surface area contributed by atoms with Crippen LogP contribution in [0.1, 0.15) is 56.0 Å². The summed E-state index contributed by atoms with van der Waals surface area (Å²) >= 11 is 1.22. The smallest absolute Gasteiger partial charge is 0.274 e. The van der Waals surface area contributed by atoms with Crippen molar-refractivity contribution in [2.45, 2.75) is 58.4 Å². The zero-order chi connectivity index (χ0) is 23.5. The molecule has 3 rings (SSSR count). The number of rotatable bonds is 7. The molecule has 1 aliphatic carbocycles. The molecule has 1 aromatic heterocycles. The molecule has 0 aliphatic heterocycles. The lowest BCUT2D eigenvalue weighted by Crippen LogP contribution is -2.29. The number of pyridine rings is 1. The minimum atomic E-state index is -0.470. The maximum atomic E-state index is 12.4. The van der Waals surface area contributed by atoms with Crippen LogP contribution in [-0.2, 0) is 17.6 Å². The van der Waals surface area contributed by atoms with E-state index in [0.717, 1.165) is 36.9 Å². The van der Waals surface area contributed by atoms with E-state index in [2.05, 4.69) is 32.2 Å². The molecular weight excluding hydrogens is 424 g/mol. The second-order valence-corrected chi connectivity index (χ2v) is 9.90. The first-order valence-electron chi connectivity index (χ1n) is 10.7. The number of nitrogens with zero attached hydrogens (tertiary/aromatic N) is 3. The van der Waals surface area contributed by atoms with Crippen molar-refractivity contribution in [2.24, 2.45) is 11.3 Å². The van der Waals surface area contributed by atoms with Gasteiger partial charge in [-0.25, -0.2) is 4.98 Å². The van der Waals surface area contributed by atoms with Crippen LogP contribution in [0, 0.1) is 39.7 Å². The van der Waals surface area contributed by atoms with E-state index >= 15 is 0 Å². The first-order chi connectivity index (χ1) is 15.1. The van der Waals surface area contributed by atoms with Crippen LogP contribution in [-0.4, -0.2) is 21.6 Å². The van der Waals surface area contributed by atoms with Crippen LogP contribution in [0.2, 0.25) is 0 Å². The molecule has 1 heterocycles. The quantitative estimate of drug-likeness (QED) is 0.340. The van der Waals surface area contributed by atoms with E-state index in [4.69, 9.17) is 4.98 Å².